The fourth-order valence-corrected chi connectivity index (χ4v) is 6.98. The Morgan fingerprint density at radius 3 is 1.23 bits per heavy atom. The normalized spacial score (nSPS) is 12.9. The zero-order valence-corrected chi connectivity index (χ0v) is 40.9. The van der Waals surface area contributed by atoms with Gasteiger partial charge >= 0.3 is 11.9 Å². The van der Waals surface area contributed by atoms with Crippen molar-refractivity contribution in [2.24, 2.45) is 0 Å². The summed E-state index contributed by atoms with van der Waals surface area (Å²) >= 11 is 0. The molecule has 0 amide bonds. The summed E-state index contributed by atoms with van der Waals surface area (Å²) in [5.41, 5.74) is 0. The van der Waals surface area contributed by atoms with E-state index in [0.717, 1.165) is 103 Å². The van der Waals surface area contributed by atoms with E-state index in [2.05, 4.69) is 106 Å². The Morgan fingerprint density at radius 1 is 0.371 bits per heavy atom. The maximum atomic E-state index is 12.8. The van der Waals surface area contributed by atoms with Crippen molar-refractivity contribution in [3.05, 3.63) is 85.1 Å². The average molecular weight is 863 g/mol. The van der Waals surface area contributed by atoms with Gasteiger partial charge in [-0.1, -0.05) is 202 Å². The number of esters is 2. The highest BCUT2D eigenvalue weighted by molar-refractivity contribution is 5.70. The molecule has 1 unspecified atom stereocenters. The van der Waals surface area contributed by atoms with Crippen molar-refractivity contribution < 1.29 is 23.8 Å². The van der Waals surface area contributed by atoms with Crippen molar-refractivity contribution in [3.8, 4) is 0 Å². The molecule has 0 aromatic heterocycles. The number of carbonyl (C=O) groups is 2. The third kappa shape index (κ3) is 49.7. The highest BCUT2D eigenvalue weighted by atomic mass is 16.6. The van der Waals surface area contributed by atoms with Gasteiger partial charge in [-0.25, -0.2) is 0 Å². The summed E-state index contributed by atoms with van der Waals surface area (Å²) in [6.07, 6.45) is 68.8. The SMILES string of the molecule is CC/C=C\C/C=C\C/C=C\C/C=C\CCCCCCC(=O)OCC(COCCCCCCCCCC/C=C\C/C=C\CCCCC)OC(=O)CCCCCCC/C=C\CCCC. The molecule has 1 atom stereocenters. The minimum atomic E-state index is -0.557. The smallest absolute Gasteiger partial charge is 0.306 e. The van der Waals surface area contributed by atoms with Crippen LogP contribution in [0.15, 0.2) is 85.1 Å². The second kappa shape index (κ2) is 52.4. The fourth-order valence-electron chi connectivity index (χ4n) is 6.98. The van der Waals surface area contributed by atoms with Crippen LogP contribution in [0, 0.1) is 0 Å². The van der Waals surface area contributed by atoms with Gasteiger partial charge in [0.1, 0.15) is 6.61 Å². The molecular formula is C57H98O5. The lowest BCUT2D eigenvalue weighted by atomic mass is 10.1. The standard InChI is InChI=1S/C57H98O5/c1-4-7-10-13-16-19-22-24-26-28-30-32-34-37-40-43-46-49-52-60-53-55(62-57(59)51-48-45-42-39-35-21-18-15-12-9-6-3)54-61-56(58)50-47-44-41-38-36-33-31-29-27-25-23-20-17-14-11-8-5-2/h8,11,15-20,24-27,31,33,55H,4-7,9-10,12-14,21-23,28-30,32,34-54H2,1-3H3/b11-8-,18-15-,19-16-,20-17-,26-24-,27-25-,33-31-. The summed E-state index contributed by atoms with van der Waals surface area (Å²) in [7, 11) is 0. The van der Waals surface area contributed by atoms with E-state index in [1.54, 1.807) is 0 Å². The van der Waals surface area contributed by atoms with E-state index < -0.39 is 6.10 Å². The van der Waals surface area contributed by atoms with Gasteiger partial charge in [-0.15, -0.1) is 0 Å². The summed E-state index contributed by atoms with van der Waals surface area (Å²) in [4.78, 5) is 25.4. The van der Waals surface area contributed by atoms with Crippen LogP contribution >= 0.6 is 0 Å². The minimum absolute atomic E-state index is 0.0636. The predicted octanol–water partition coefficient (Wildman–Crippen LogP) is 17.7. The molecule has 0 saturated carbocycles. The molecule has 356 valence electrons. The molecule has 5 heteroatoms. The summed E-state index contributed by atoms with van der Waals surface area (Å²) < 4.78 is 17.4. The third-order valence-electron chi connectivity index (χ3n) is 10.9. The van der Waals surface area contributed by atoms with Gasteiger partial charge in [-0.2, -0.15) is 0 Å². The molecule has 0 N–H and O–H groups in total. The monoisotopic (exact) mass is 863 g/mol. The van der Waals surface area contributed by atoms with Crippen LogP contribution in [0.1, 0.15) is 239 Å². The summed E-state index contributed by atoms with van der Waals surface area (Å²) in [6.45, 7) is 7.61. The minimum Gasteiger partial charge on any atom is -0.462 e. The van der Waals surface area contributed by atoms with Crippen LogP contribution in [-0.2, 0) is 23.8 Å². The molecule has 0 aliphatic carbocycles. The van der Waals surface area contributed by atoms with Crippen LogP contribution in [0.4, 0.5) is 0 Å². The van der Waals surface area contributed by atoms with Crippen molar-refractivity contribution in [3.63, 3.8) is 0 Å². The van der Waals surface area contributed by atoms with Gasteiger partial charge in [-0.05, 0) is 109 Å². The summed E-state index contributed by atoms with van der Waals surface area (Å²) in [6, 6.07) is 0. The van der Waals surface area contributed by atoms with Gasteiger partial charge in [0.2, 0.25) is 0 Å². The number of hydrogen-bond acceptors (Lipinski definition) is 5. The molecular weight excluding hydrogens is 765 g/mol. The van der Waals surface area contributed by atoms with Crippen LogP contribution < -0.4 is 0 Å². The number of carbonyl (C=O) groups excluding carboxylic acids is 2. The van der Waals surface area contributed by atoms with E-state index in [-0.39, 0.29) is 25.2 Å². The Hall–Kier alpha value is -2.92. The van der Waals surface area contributed by atoms with Gasteiger partial charge in [0, 0.05) is 19.4 Å². The second-order valence-electron chi connectivity index (χ2n) is 17.0. The van der Waals surface area contributed by atoms with Crippen LogP contribution in [0.25, 0.3) is 0 Å². The van der Waals surface area contributed by atoms with E-state index in [1.165, 1.54) is 103 Å². The van der Waals surface area contributed by atoms with Gasteiger partial charge < -0.3 is 14.2 Å². The van der Waals surface area contributed by atoms with Crippen molar-refractivity contribution in [2.45, 2.75) is 245 Å². The number of rotatable bonds is 47. The van der Waals surface area contributed by atoms with Gasteiger partial charge in [0.25, 0.3) is 0 Å². The topological polar surface area (TPSA) is 61.8 Å². The van der Waals surface area contributed by atoms with E-state index in [0.29, 0.717) is 19.4 Å². The average Bonchev–Trinajstić information content (AvgIpc) is 3.27. The van der Waals surface area contributed by atoms with Gasteiger partial charge in [-0.3, -0.25) is 9.59 Å². The molecule has 0 bridgehead atoms. The first-order valence-electron chi connectivity index (χ1n) is 26.1. The van der Waals surface area contributed by atoms with Gasteiger partial charge in [0.05, 0.1) is 6.61 Å². The summed E-state index contributed by atoms with van der Waals surface area (Å²) in [5.74, 6) is -0.439. The molecule has 0 radical (unpaired) electrons. The molecule has 5 nitrogen and oxygen atoms in total. The lowest BCUT2D eigenvalue weighted by molar-refractivity contribution is -0.163. The molecule has 0 heterocycles. The van der Waals surface area contributed by atoms with E-state index in [9.17, 15) is 9.59 Å². The molecule has 0 rings (SSSR count). The molecule has 0 fully saturated rings. The maximum Gasteiger partial charge on any atom is 0.306 e. The van der Waals surface area contributed by atoms with Crippen molar-refractivity contribution in [1.29, 1.82) is 0 Å². The largest absolute Gasteiger partial charge is 0.462 e. The molecule has 0 aromatic rings. The Balaban J connectivity index is 4.30. The van der Waals surface area contributed by atoms with Crippen LogP contribution in [0.2, 0.25) is 0 Å². The first-order chi connectivity index (χ1) is 30.6. The van der Waals surface area contributed by atoms with Gasteiger partial charge in [0.15, 0.2) is 6.10 Å². The number of hydrogen-bond donors (Lipinski definition) is 0. The molecule has 0 aromatic carbocycles. The van der Waals surface area contributed by atoms with Crippen LogP contribution in [-0.4, -0.2) is 37.9 Å². The predicted molar refractivity (Wildman–Crippen MR) is 270 cm³/mol. The number of allylic oxidation sites excluding steroid dienone is 14. The second-order valence-corrected chi connectivity index (χ2v) is 17.0. The van der Waals surface area contributed by atoms with Crippen LogP contribution in [0.5, 0.6) is 0 Å². The zero-order chi connectivity index (χ0) is 44.9. The van der Waals surface area contributed by atoms with Crippen molar-refractivity contribution >= 4 is 11.9 Å². The Kier molecular flexibility index (Phi) is 50.0. The highest BCUT2D eigenvalue weighted by Crippen LogP contribution is 2.13. The molecule has 0 aliphatic rings. The molecule has 0 saturated heterocycles. The van der Waals surface area contributed by atoms with E-state index in [4.69, 9.17) is 14.2 Å². The fraction of sp³-hybridized carbons (Fsp3) is 0.719. The first kappa shape index (κ1) is 59.1. The molecule has 0 aliphatic heterocycles. The molecule has 62 heavy (non-hydrogen) atoms. The Labute approximate surface area is 384 Å². The Bertz CT molecular complexity index is 1160. The number of unbranched alkanes of at least 4 members (excludes halogenated alkanes) is 22. The lowest BCUT2D eigenvalue weighted by Gasteiger charge is -2.18. The highest BCUT2D eigenvalue weighted by Gasteiger charge is 2.17. The third-order valence-corrected chi connectivity index (χ3v) is 10.9. The first-order valence-corrected chi connectivity index (χ1v) is 26.1. The maximum absolute atomic E-state index is 12.8. The number of ether oxygens (including phenoxy) is 3. The van der Waals surface area contributed by atoms with Crippen molar-refractivity contribution in [2.75, 3.05) is 19.8 Å². The molecule has 0 spiro atoms. The quantitative estimate of drug-likeness (QED) is 0.0346. The van der Waals surface area contributed by atoms with E-state index >= 15 is 0 Å². The van der Waals surface area contributed by atoms with Crippen molar-refractivity contribution in [1.82, 2.24) is 0 Å². The zero-order valence-electron chi connectivity index (χ0n) is 40.9. The van der Waals surface area contributed by atoms with Crippen LogP contribution in [0.3, 0.4) is 0 Å². The summed E-state index contributed by atoms with van der Waals surface area (Å²) in [5, 5.41) is 0. The lowest BCUT2D eigenvalue weighted by Crippen LogP contribution is -2.30. The Morgan fingerprint density at radius 2 is 0.742 bits per heavy atom. The van der Waals surface area contributed by atoms with E-state index in [1.807, 2.05) is 0 Å².